The molecule has 2 bridgehead atoms. The lowest BCUT2D eigenvalue weighted by atomic mass is 9.71. The topological polar surface area (TPSA) is 47.3 Å². The Morgan fingerprint density at radius 2 is 2.05 bits per heavy atom. The Morgan fingerprint density at radius 3 is 2.68 bits per heavy atom. The number of aliphatic hydroxyl groups is 1. The fraction of sp³-hybridized carbons (Fsp3) is 0.632. The Morgan fingerprint density at radius 1 is 1.32 bits per heavy atom. The van der Waals surface area contributed by atoms with E-state index in [4.69, 9.17) is 0 Å². The van der Waals surface area contributed by atoms with Crippen LogP contribution in [0, 0.1) is 23.2 Å². The van der Waals surface area contributed by atoms with Crippen molar-refractivity contribution in [3.8, 4) is 6.07 Å². The summed E-state index contributed by atoms with van der Waals surface area (Å²) in [7, 11) is 2.09. The molecule has 3 rings (SSSR count). The normalized spacial score (nSPS) is 37.9. The lowest BCUT2D eigenvalue weighted by Crippen LogP contribution is -2.54. The number of hydrogen-bond donors (Lipinski definition) is 1. The fourth-order valence-corrected chi connectivity index (χ4v) is 4.80. The maximum absolute atomic E-state index is 11.0. The highest BCUT2D eigenvalue weighted by atomic mass is 16.3. The highest BCUT2D eigenvalue weighted by molar-refractivity contribution is 5.27. The van der Waals surface area contributed by atoms with Crippen LogP contribution in [0.3, 0.4) is 0 Å². The lowest BCUT2D eigenvalue weighted by Gasteiger charge is -2.47. The zero-order valence-electron chi connectivity index (χ0n) is 13.5. The molecule has 2 heterocycles. The summed E-state index contributed by atoms with van der Waals surface area (Å²) in [6, 6.07) is 13.3. The second-order valence-electron chi connectivity index (χ2n) is 6.93. The summed E-state index contributed by atoms with van der Waals surface area (Å²) in [5, 5.41) is 20.6. The summed E-state index contributed by atoms with van der Waals surface area (Å²) in [6.45, 7) is 2.21. The van der Waals surface area contributed by atoms with Crippen LogP contribution in [0.2, 0.25) is 0 Å². The van der Waals surface area contributed by atoms with E-state index in [0.29, 0.717) is 5.92 Å². The molecule has 0 spiro atoms. The lowest BCUT2D eigenvalue weighted by molar-refractivity contribution is -0.0275. The van der Waals surface area contributed by atoms with Crippen molar-refractivity contribution in [1.82, 2.24) is 4.90 Å². The van der Waals surface area contributed by atoms with Crippen LogP contribution in [0.15, 0.2) is 30.3 Å². The van der Waals surface area contributed by atoms with Gasteiger partial charge in [0.05, 0.1) is 18.1 Å². The largest absolute Gasteiger partial charge is 0.391 e. The van der Waals surface area contributed by atoms with Gasteiger partial charge in [0.15, 0.2) is 0 Å². The Labute approximate surface area is 133 Å². The molecule has 2 aliphatic rings. The summed E-state index contributed by atoms with van der Waals surface area (Å²) < 4.78 is 0. The summed E-state index contributed by atoms with van der Waals surface area (Å²) >= 11 is 0. The molecule has 118 valence electrons. The molecule has 0 saturated carbocycles. The highest BCUT2D eigenvalue weighted by Crippen LogP contribution is 2.50. The molecule has 2 saturated heterocycles. The molecular formula is C19H26N2O. The van der Waals surface area contributed by atoms with Crippen molar-refractivity contribution >= 4 is 0 Å². The van der Waals surface area contributed by atoms with E-state index in [0.717, 1.165) is 25.7 Å². The van der Waals surface area contributed by atoms with Crippen molar-refractivity contribution in [2.45, 2.75) is 56.7 Å². The Balaban J connectivity index is 1.98. The van der Waals surface area contributed by atoms with Crippen molar-refractivity contribution in [2.24, 2.45) is 11.8 Å². The molecule has 6 atom stereocenters. The van der Waals surface area contributed by atoms with Gasteiger partial charge in [-0.3, -0.25) is 4.90 Å². The average molecular weight is 298 g/mol. The van der Waals surface area contributed by atoms with Gasteiger partial charge < -0.3 is 5.11 Å². The second kappa shape index (κ2) is 6.40. The van der Waals surface area contributed by atoms with E-state index in [2.05, 4.69) is 49.2 Å². The highest BCUT2D eigenvalue weighted by Gasteiger charge is 2.55. The van der Waals surface area contributed by atoms with Crippen LogP contribution in [0.25, 0.3) is 0 Å². The number of benzene rings is 1. The number of hydrogen-bond acceptors (Lipinski definition) is 3. The zero-order chi connectivity index (χ0) is 15.7. The van der Waals surface area contributed by atoms with Crippen LogP contribution in [-0.4, -0.2) is 35.2 Å². The Bertz CT molecular complexity index is 538. The molecule has 2 fully saturated rings. The van der Waals surface area contributed by atoms with E-state index in [1.165, 1.54) is 5.56 Å². The molecule has 0 unspecified atom stereocenters. The second-order valence-corrected chi connectivity index (χ2v) is 6.93. The minimum Gasteiger partial charge on any atom is -0.391 e. The van der Waals surface area contributed by atoms with Gasteiger partial charge in [0.1, 0.15) is 0 Å². The number of nitriles is 1. The van der Waals surface area contributed by atoms with Crippen LogP contribution < -0.4 is 0 Å². The van der Waals surface area contributed by atoms with Gasteiger partial charge in [0, 0.05) is 18.0 Å². The molecule has 0 amide bonds. The van der Waals surface area contributed by atoms with E-state index in [1.54, 1.807) is 0 Å². The minimum absolute atomic E-state index is 0.0558. The van der Waals surface area contributed by atoms with E-state index < -0.39 is 0 Å². The van der Waals surface area contributed by atoms with Gasteiger partial charge in [-0.2, -0.15) is 5.26 Å². The molecule has 0 aromatic heterocycles. The Kier molecular flexibility index (Phi) is 4.52. The van der Waals surface area contributed by atoms with Crippen LogP contribution in [0.4, 0.5) is 0 Å². The molecule has 22 heavy (non-hydrogen) atoms. The van der Waals surface area contributed by atoms with Crippen LogP contribution in [0.1, 0.15) is 44.1 Å². The van der Waals surface area contributed by atoms with Gasteiger partial charge >= 0.3 is 0 Å². The quantitative estimate of drug-likeness (QED) is 0.929. The molecule has 1 N–H and O–H groups in total. The maximum Gasteiger partial charge on any atom is 0.0767 e. The number of nitrogens with zero attached hydrogens (tertiary/aromatic N) is 2. The first-order chi connectivity index (χ1) is 10.7. The Hall–Kier alpha value is -1.37. The summed E-state index contributed by atoms with van der Waals surface area (Å²) in [5.74, 6) is 0.586. The average Bonchev–Trinajstić information content (AvgIpc) is 2.81. The van der Waals surface area contributed by atoms with Gasteiger partial charge in [-0.1, -0.05) is 50.1 Å². The molecule has 3 heteroatoms. The standard InChI is InChI=1S/C19H26N2O/c1-3-4-10-15-17(13-8-6-5-7-9-13)19(22)16-11-14(12-20)18(15)21(16)2/h5-9,14-19,22H,3-4,10-11H2,1-2H3/t14-,15+,16+,17+,18-,19-/m0/s1. The van der Waals surface area contributed by atoms with Crippen LogP contribution in [-0.2, 0) is 0 Å². The van der Waals surface area contributed by atoms with Gasteiger partial charge in [0.2, 0.25) is 0 Å². The first-order valence-electron chi connectivity index (χ1n) is 8.53. The van der Waals surface area contributed by atoms with Crippen molar-refractivity contribution in [3.05, 3.63) is 35.9 Å². The van der Waals surface area contributed by atoms with Crippen LogP contribution in [0.5, 0.6) is 0 Å². The van der Waals surface area contributed by atoms with Gasteiger partial charge in [-0.05, 0) is 31.4 Å². The SMILES string of the molecule is CCCC[C@@H]1[C@@H](c2ccccc2)[C@@H](O)[C@H]2C[C@@H](C#N)[C@@H]1N2C. The first-order valence-corrected chi connectivity index (χ1v) is 8.53. The van der Waals surface area contributed by atoms with E-state index >= 15 is 0 Å². The fourth-order valence-electron chi connectivity index (χ4n) is 4.80. The van der Waals surface area contributed by atoms with Crippen LogP contribution >= 0.6 is 0 Å². The zero-order valence-corrected chi connectivity index (χ0v) is 13.5. The number of rotatable bonds is 4. The van der Waals surface area contributed by atoms with Crippen molar-refractivity contribution in [2.75, 3.05) is 7.05 Å². The predicted octanol–water partition coefficient (Wildman–Crippen LogP) is 3.16. The molecule has 3 nitrogen and oxygen atoms in total. The van der Waals surface area contributed by atoms with Crippen molar-refractivity contribution < 1.29 is 5.11 Å². The minimum atomic E-state index is -0.371. The molecule has 1 aromatic rings. The van der Waals surface area contributed by atoms with Gasteiger partial charge in [-0.15, -0.1) is 0 Å². The molecular weight excluding hydrogens is 272 g/mol. The summed E-state index contributed by atoms with van der Waals surface area (Å²) in [4.78, 5) is 2.29. The first kappa shape index (κ1) is 15.5. The third-order valence-corrected chi connectivity index (χ3v) is 5.80. The summed E-state index contributed by atoms with van der Waals surface area (Å²) in [6.07, 6.45) is 3.85. The smallest absolute Gasteiger partial charge is 0.0767 e. The van der Waals surface area contributed by atoms with Crippen molar-refractivity contribution in [3.63, 3.8) is 0 Å². The molecule has 2 aliphatic heterocycles. The monoisotopic (exact) mass is 298 g/mol. The number of likely N-dealkylation sites (N-methyl/N-ethyl adjacent to an activating group) is 1. The summed E-state index contributed by atoms with van der Waals surface area (Å²) in [5.41, 5.74) is 1.23. The number of piperidine rings is 1. The maximum atomic E-state index is 11.0. The predicted molar refractivity (Wildman–Crippen MR) is 87.3 cm³/mol. The molecule has 0 radical (unpaired) electrons. The van der Waals surface area contributed by atoms with Crippen molar-refractivity contribution in [1.29, 1.82) is 5.26 Å². The third kappa shape index (κ3) is 2.45. The van der Waals surface area contributed by atoms with E-state index in [1.807, 2.05) is 6.07 Å². The number of aliphatic hydroxyl groups excluding tert-OH is 1. The van der Waals surface area contributed by atoms with Gasteiger partial charge in [-0.25, -0.2) is 0 Å². The third-order valence-electron chi connectivity index (χ3n) is 5.80. The van der Waals surface area contributed by atoms with E-state index in [9.17, 15) is 10.4 Å². The number of fused-ring (bicyclic) bond motifs is 2. The molecule has 0 aliphatic carbocycles. The molecule has 1 aromatic carbocycles. The van der Waals surface area contributed by atoms with E-state index in [-0.39, 0.29) is 30.0 Å². The number of unbranched alkanes of at least 4 members (excludes halogenated alkanes) is 1. The van der Waals surface area contributed by atoms with Gasteiger partial charge in [0.25, 0.3) is 0 Å².